The van der Waals surface area contributed by atoms with E-state index in [2.05, 4.69) is 41.4 Å². The molecule has 15 heavy (non-hydrogen) atoms. The topological polar surface area (TPSA) is 16.4 Å². The Bertz CT molecular complexity index is 485. The first-order chi connectivity index (χ1) is 7.43. The van der Waals surface area contributed by atoms with Crippen molar-refractivity contribution < 1.29 is 4.42 Å². The van der Waals surface area contributed by atoms with Gasteiger partial charge in [-0.25, -0.2) is 0 Å². The van der Waals surface area contributed by atoms with Gasteiger partial charge in [0.05, 0.1) is 12.8 Å². The average Bonchev–Trinajstić information content (AvgIpc) is 2.82. The first-order valence-electron chi connectivity index (χ1n) is 5.00. The van der Waals surface area contributed by atoms with E-state index in [9.17, 15) is 0 Å². The zero-order chi connectivity index (χ0) is 10.1. The second-order valence-electron chi connectivity index (χ2n) is 3.59. The van der Waals surface area contributed by atoms with E-state index in [1.54, 1.807) is 6.26 Å². The van der Waals surface area contributed by atoms with Gasteiger partial charge in [-0.2, -0.15) is 0 Å². The van der Waals surface area contributed by atoms with Gasteiger partial charge < -0.3 is 9.32 Å². The van der Waals surface area contributed by atoms with E-state index in [4.69, 9.17) is 4.42 Å². The molecule has 0 fully saturated rings. The van der Waals surface area contributed by atoms with Crippen molar-refractivity contribution in [3.63, 3.8) is 0 Å². The molecular weight excluding hydrogens is 186 g/mol. The van der Waals surface area contributed by atoms with E-state index in [1.165, 1.54) is 11.1 Å². The molecule has 0 spiro atoms. The normalized spacial score (nSPS) is 14.0. The molecule has 0 aliphatic carbocycles. The summed E-state index contributed by atoms with van der Waals surface area (Å²) in [4.78, 5) is 2.10. The number of hydrogen-bond donors (Lipinski definition) is 0. The standard InChI is InChI=1S/C13H11NO/c1-2-5-12-10-14(8-7-11(12)4-1)13-6-3-9-15-13/h1-9H,10H2. The predicted molar refractivity (Wildman–Crippen MR) is 60.4 cm³/mol. The van der Waals surface area contributed by atoms with Crippen molar-refractivity contribution in [1.82, 2.24) is 0 Å². The number of rotatable bonds is 1. The summed E-state index contributed by atoms with van der Waals surface area (Å²) in [5.41, 5.74) is 2.62. The summed E-state index contributed by atoms with van der Waals surface area (Å²) in [6.07, 6.45) is 5.87. The molecule has 3 rings (SSSR count). The molecule has 1 aromatic heterocycles. The van der Waals surface area contributed by atoms with E-state index in [0.29, 0.717) is 0 Å². The molecule has 2 nitrogen and oxygen atoms in total. The molecule has 0 saturated heterocycles. The Morgan fingerprint density at radius 2 is 2.00 bits per heavy atom. The Labute approximate surface area is 88.4 Å². The zero-order valence-electron chi connectivity index (χ0n) is 8.26. The van der Waals surface area contributed by atoms with Crippen LogP contribution in [0, 0.1) is 0 Å². The third kappa shape index (κ3) is 1.44. The number of fused-ring (bicyclic) bond motifs is 1. The number of furan rings is 1. The van der Waals surface area contributed by atoms with Gasteiger partial charge in [0, 0.05) is 12.3 Å². The van der Waals surface area contributed by atoms with E-state index in [-0.39, 0.29) is 0 Å². The first kappa shape index (κ1) is 8.36. The molecule has 0 atom stereocenters. The summed E-state index contributed by atoms with van der Waals surface area (Å²) < 4.78 is 5.36. The lowest BCUT2D eigenvalue weighted by atomic mass is 10.0. The minimum atomic E-state index is 0.875. The fourth-order valence-corrected chi connectivity index (χ4v) is 1.83. The lowest BCUT2D eigenvalue weighted by Crippen LogP contribution is -2.18. The monoisotopic (exact) mass is 197 g/mol. The molecule has 0 radical (unpaired) electrons. The number of nitrogens with zero attached hydrogens (tertiary/aromatic N) is 1. The Morgan fingerprint density at radius 3 is 2.87 bits per heavy atom. The summed E-state index contributed by atoms with van der Waals surface area (Å²) in [7, 11) is 0. The number of anilines is 1. The molecule has 0 amide bonds. The molecule has 0 N–H and O–H groups in total. The van der Waals surface area contributed by atoms with E-state index >= 15 is 0 Å². The highest BCUT2D eigenvalue weighted by Gasteiger charge is 2.12. The molecule has 1 aromatic carbocycles. The van der Waals surface area contributed by atoms with E-state index < -0.39 is 0 Å². The first-order valence-corrected chi connectivity index (χ1v) is 5.00. The second-order valence-corrected chi connectivity index (χ2v) is 3.59. The van der Waals surface area contributed by atoms with Crippen LogP contribution in [0.4, 0.5) is 5.88 Å². The van der Waals surface area contributed by atoms with Crippen LogP contribution in [0.5, 0.6) is 0 Å². The van der Waals surface area contributed by atoms with Crippen LogP contribution < -0.4 is 4.90 Å². The van der Waals surface area contributed by atoms with Crippen LogP contribution in [0.15, 0.2) is 53.3 Å². The lowest BCUT2D eigenvalue weighted by Gasteiger charge is -2.22. The van der Waals surface area contributed by atoms with Crippen LogP contribution in [0.1, 0.15) is 11.1 Å². The Balaban J connectivity index is 1.96. The largest absolute Gasteiger partial charge is 0.448 e. The maximum absolute atomic E-state index is 5.36. The maximum Gasteiger partial charge on any atom is 0.199 e. The van der Waals surface area contributed by atoms with Crippen molar-refractivity contribution in [1.29, 1.82) is 0 Å². The molecule has 0 bridgehead atoms. The summed E-state index contributed by atoms with van der Waals surface area (Å²) in [6, 6.07) is 12.3. The summed E-state index contributed by atoms with van der Waals surface area (Å²) >= 11 is 0. The van der Waals surface area contributed by atoms with Gasteiger partial charge in [0.1, 0.15) is 0 Å². The molecule has 2 aromatic rings. The van der Waals surface area contributed by atoms with Gasteiger partial charge in [0.25, 0.3) is 0 Å². The summed E-state index contributed by atoms with van der Waals surface area (Å²) in [5, 5.41) is 0. The fourth-order valence-electron chi connectivity index (χ4n) is 1.83. The average molecular weight is 197 g/mol. The Morgan fingerprint density at radius 1 is 1.07 bits per heavy atom. The quantitative estimate of drug-likeness (QED) is 0.697. The molecule has 1 aliphatic rings. The van der Waals surface area contributed by atoms with Crippen molar-refractivity contribution >= 4 is 12.0 Å². The van der Waals surface area contributed by atoms with Crippen molar-refractivity contribution in [2.45, 2.75) is 6.54 Å². The molecular formula is C13H11NO. The maximum atomic E-state index is 5.36. The van der Waals surface area contributed by atoms with Crippen LogP contribution in [0.2, 0.25) is 0 Å². The second kappa shape index (κ2) is 3.31. The van der Waals surface area contributed by atoms with Crippen molar-refractivity contribution in [2.24, 2.45) is 0 Å². The zero-order valence-corrected chi connectivity index (χ0v) is 8.26. The van der Waals surface area contributed by atoms with Gasteiger partial charge in [-0.15, -0.1) is 0 Å². The highest BCUT2D eigenvalue weighted by molar-refractivity contribution is 5.61. The molecule has 74 valence electrons. The fraction of sp³-hybridized carbons (Fsp3) is 0.0769. The van der Waals surface area contributed by atoms with E-state index in [0.717, 1.165) is 12.4 Å². The van der Waals surface area contributed by atoms with Crippen LogP contribution in [-0.4, -0.2) is 0 Å². The summed E-state index contributed by atoms with van der Waals surface area (Å²) in [6.45, 7) is 0.875. The highest BCUT2D eigenvalue weighted by Crippen LogP contribution is 2.24. The van der Waals surface area contributed by atoms with Crippen LogP contribution >= 0.6 is 0 Å². The van der Waals surface area contributed by atoms with Crippen LogP contribution in [0.3, 0.4) is 0 Å². The molecule has 0 unspecified atom stereocenters. The minimum absolute atomic E-state index is 0.875. The smallest absolute Gasteiger partial charge is 0.199 e. The van der Waals surface area contributed by atoms with Crippen molar-refractivity contribution in [3.8, 4) is 0 Å². The minimum Gasteiger partial charge on any atom is -0.448 e. The molecule has 2 heteroatoms. The summed E-state index contributed by atoms with van der Waals surface area (Å²) in [5.74, 6) is 0.890. The van der Waals surface area contributed by atoms with Crippen LogP contribution in [-0.2, 0) is 6.54 Å². The molecule has 1 aliphatic heterocycles. The van der Waals surface area contributed by atoms with Gasteiger partial charge in [-0.1, -0.05) is 24.3 Å². The van der Waals surface area contributed by atoms with E-state index in [1.807, 2.05) is 12.1 Å². The SMILES string of the molecule is C1=CN(c2ccco2)Cc2ccccc21. The Kier molecular flexibility index (Phi) is 1.85. The third-order valence-corrected chi connectivity index (χ3v) is 2.62. The van der Waals surface area contributed by atoms with Gasteiger partial charge in [-0.05, 0) is 23.3 Å². The highest BCUT2D eigenvalue weighted by atomic mass is 16.3. The van der Waals surface area contributed by atoms with Gasteiger partial charge in [-0.3, -0.25) is 0 Å². The molecule has 0 saturated carbocycles. The van der Waals surface area contributed by atoms with Crippen molar-refractivity contribution in [2.75, 3.05) is 4.90 Å². The van der Waals surface area contributed by atoms with Gasteiger partial charge >= 0.3 is 0 Å². The van der Waals surface area contributed by atoms with Gasteiger partial charge in [0.15, 0.2) is 5.88 Å². The van der Waals surface area contributed by atoms with Gasteiger partial charge in [0.2, 0.25) is 0 Å². The Hall–Kier alpha value is -1.96. The third-order valence-electron chi connectivity index (χ3n) is 2.62. The predicted octanol–water partition coefficient (Wildman–Crippen LogP) is 3.27. The number of benzene rings is 1. The molecule has 2 heterocycles. The lowest BCUT2D eigenvalue weighted by molar-refractivity contribution is 0.559. The van der Waals surface area contributed by atoms with Crippen LogP contribution in [0.25, 0.3) is 6.08 Å². The van der Waals surface area contributed by atoms with Crippen molar-refractivity contribution in [3.05, 3.63) is 60.0 Å². The number of hydrogen-bond acceptors (Lipinski definition) is 2.